The lowest BCUT2D eigenvalue weighted by atomic mass is 10.2. The highest BCUT2D eigenvalue weighted by Gasteiger charge is 2.19. The zero-order valence-corrected chi connectivity index (χ0v) is 10.8. The lowest BCUT2D eigenvalue weighted by Gasteiger charge is -2.09. The molecule has 0 bridgehead atoms. The third-order valence-corrected chi connectivity index (χ3v) is 3.82. The molecule has 0 radical (unpaired) electrons. The first kappa shape index (κ1) is 13.3. The number of hydrogen-bond acceptors (Lipinski definition) is 3. The van der Waals surface area contributed by atoms with Crippen molar-refractivity contribution >= 4 is 34.9 Å². The maximum atomic E-state index is 11.2. The molecule has 0 saturated heterocycles. The van der Waals surface area contributed by atoms with Crippen molar-refractivity contribution < 1.29 is 9.59 Å². The van der Waals surface area contributed by atoms with Crippen LogP contribution in [0.25, 0.3) is 0 Å². The highest BCUT2D eigenvalue weighted by Crippen LogP contribution is 2.20. The van der Waals surface area contributed by atoms with Crippen molar-refractivity contribution in [2.24, 2.45) is 0 Å². The molecule has 1 rings (SSSR count). The van der Waals surface area contributed by atoms with Gasteiger partial charge in [-0.05, 0) is 31.5 Å². The third kappa shape index (κ3) is 3.99. The molecule has 0 amide bonds. The maximum absolute atomic E-state index is 11.2. The molecule has 16 heavy (non-hydrogen) atoms. The molecule has 0 fully saturated rings. The first-order valence-electron chi connectivity index (χ1n) is 4.87. The van der Waals surface area contributed by atoms with Crippen molar-refractivity contribution in [3.05, 3.63) is 34.9 Å². The van der Waals surface area contributed by atoms with E-state index in [0.717, 1.165) is 5.56 Å². The lowest BCUT2D eigenvalue weighted by Crippen LogP contribution is -2.22. The Morgan fingerprint density at radius 1 is 1.19 bits per heavy atom. The minimum absolute atomic E-state index is 0.0912. The summed E-state index contributed by atoms with van der Waals surface area (Å²) in [5.41, 5.74) is 1.06. The predicted octanol–water partition coefficient (Wildman–Crippen LogP) is 3.12. The standard InChI is InChI=1S/C12H13ClO2S/c1-8(14)12(9(2)15)16-7-10-3-5-11(13)6-4-10/h3-6,12H,7H2,1-2H3. The van der Waals surface area contributed by atoms with E-state index in [1.807, 2.05) is 12.1 Å². The normalized spacial score (nSPS) is 10.5. The average Bonchev–Trinajstić information content (AvgIpc) is 2.20. The number of benzene rings is 1. The Bertz CT molecular complexity index is 373. The van der Waals surface area contributed by atoms with Crippen molar-refractivity contribution in [2.45, 2.75) is 24.9 Å². The van der Waals surface area contributed by atoms with Crippen LogP contribution in [-0.4, -0.2) is 16.8 Å². The number of ketones is 2. The predicted molar refractivity (Wildman–Crippen MR) is 67.9 cm³/mol. The molecule has 2 nitrogen and oxygen atoms in total. The Balaban J connectivity index is 2.59. The van der Waals surface area contributed by atoms with Crippen LogP contribution in [0.5, 0.6) is 0 Å². The molecule has 0 aromatic heterocycles. The Hall–Kier alpha value is -0.800. The number of carbonyl (C=O) groups excluding carboxylic acids is 2. The quantitative estimate of drug-likeness (QED) is 0.759. The van der Waals surface area contributed by atoms with Gasteiger partial charge in [-0.15, -0.1) is 11.8 Å². The molecule has 0 atom stereocenters. The fraction of sp³-hybridized carbons (Fsp3) is 0.333. The summed E-state index contributed by atoms with van der Waals surface area (Å²) in [5.74, 6) is 0.457. The largest absolute Gasteiger partial charge is 0.298 e. The van der Waals surface area contributed by atoms with E-state index in [0.29, 0.717) is 10.8 Å². The van der Waals surface area contributed by atoms with Crippen LogP contribution in [0.4, 0.5) is 0 Å². The van der Waals surface area contributed by atoms with Gasteiger partial charge in [0.05, 0.1) is 0 Å². The summed E-state index contributed by atoms with van der Waals surface area (Å²) in [4.78, 5) is 22.4. The topological polar surface area (TPSA) is 34.1 Å². The van der Waals surface area contributed by atoms with Gasteiger partial charge in [-0.3, -0.25) is 9.59 Å². The van der Waals surface area contributed by atoms with Crippen LogP contribution in [0.2, 0.25) is 5.02 Å². The van der Waals surface area contributed by atoms with Gasteiger partial charge < -0.3 is 0 Å². The monoisotopic (exact) mass is 256 g/mol. The Morgan fingerprint density at radius 3 is 2.12 bits per heavy atom. The number of Topliss-reactive ketones (excluding diaryl/α,β-unsaturated/α-hetero) is 2. The van der Waals surface area contributed by atoms with E-state index in [9.17, 15) is 9.59 Å². The summed E-state index contributed by atoms with van der Waals surface area (Å²) in [6.07, 6.45) is 0. The van der Waals surface area contributed by atoms with E-state index < -0.39 is 5.25 Å². The number of hydrogen-bond donors (Lipinski definition) is 0. The van der Waals surface area contributed by atoms with Crippen LogP contribution in [-0.2, 0) is 15.3 Å². The minimum atomic E-state index is -0.546. The SMILES string of the molecule is CC(=O)C(SCc1ccc(Cl)cc1)C(C)=O. The zero-order chi connectivity index (χ0) is 12.1. The summed E-state index contributed by atoms with van der Waals surface area (Å²) in [5, 5.41) is 0.138. The van der Waals surface area contributed by atoms with E-state index in [4.69, 9.17) is 11.6 Å². The van der Waals surface area contributed by atoms with E-state index >= 15 is 0 Å². The first-order chi connectivity index (χ1) is 7.50. The second-order valence-corrected chi connectivity index (χ2v) is 5.07. The van der Waals surface area contributed by atoms with Crippen molar-refractivity contribution in [3.63, 3.8) is 0 Å². The van der Waals surface area contributed by atoms with Gasteiger partial charge >= 0.3 is 0 Å². The molecule has 0 aliphatic heterocycles. The average molecular weight is 257 g/mol. The van der Waals surface area contributed by atoms with Gasteiger partial charge in [0.25, 0.3) is 0 Å². The molecule has 1 aromatic rings. The Labute approximate surface area is 104 Å². The maximum Gasteiger partial charge on any atom is 0.150 e. The fourth-order valence-electron chi connectivity index (χ4n) is 1.28. The van der Waals surface area contributed by atoms with Gasteiger partial charge in [0.1, 0.15) is 16.8 Å². The molecule has 4 heteroatoms. The van der Waals surface area contributed by atoms with Crippen molar-refractivity contribution in [3.8, 4) is 0 Å². The van der Waals surface area contributed by atoms with Crippen LogP contribution in [0.15, 0.2) is 24.3 Å². The number of thioether (sulfide) groups is 1. The van der Waals surface area contributed by atoms with Crippen molar-refractivity contribution in [1.29, 1.82) is 0 Å². The van der Waals surface area contributed by atoms with Crippen LogP contribution in [0.1, 0.15) is 19.4 Å². The molecular weight excluding hydrogens is 244 g/mol. The molecule has 86 valence electrons. The fourth-order valence-corrected chi connectivity index (χ4v) is 2.43. The lowest BCUT2D eigenvalue weighted by molar-refractivity contribution is -0.123. The highest BCUT2D eigenvalue weighted by atomic mass is 35.5. The second kappa shape index (κ2) is 6.06. The van der Waals surface area contributed by atoms with Crippen LogP contribution < -0.4 is 0 Å². The zero-order valence-electron chi connectivity index (χ0n) is 9.20. The van der Waals surface area contributed by atoms with Gasteiger partial charge in [0, 0.05) is 10.8 Å². The number of rotatable bonds is 5. The Kier molecular flexibility index (Phi) is 5.03. The van der Waals surface area contributed by atoms with Gasteiger partial charge in [0.15, 0.2) is 0 Å². The van der Waals surface area contributed by atoms with Crippen molar-refractivity contribution in [2.75, 3.05) is 0 Å². The molecule has 0 unspecified atom stereocenters. The van der Waals surface area contributed by atoms with E-state index in [2.05, 4.69) is 0 Å². The van der Waals surface area contributed by atoms with Crippen molar-refractivity contribution in [1.82, 2.24) is 0 Å². The van der Waals surface area contributed by atoms with E-state index in [1.165, 1.54) is 25.6 Å². The molecular formula is C12H13ClO2S. The summed E-state index contributed by atoms with van der Waals surface area (Å²) < 4.78 is 0. The minimum Gasteiger partial charge on any atom is -0.298 e. The van der Waals surface area contributed by atoms with E-state index in [-0.39, 0.29) is 11.6 Å². The summed E-state index contributed by atoms with van der Waals surface area (Å²) in [6.45, 7) is 2.89. The highest BCUT2D eigenvalue weighted by molar-refractivity contribution is 8.00. The smallest absolute Gasteiger partial charge is 0.150 e. The molecule has 0 aliphatic carbocycles. The first-order valence-corrected chi connectivity index (χ1v) is 6.30. The molecule has 0 spiro atoms. The number of carbonyl (C=O) groups is 2. The second-order valence-electron chi connectivity index (χ2n) is 3.54. The molecule has 0 aliphatic rings. The van der Waals surface area contributed by atoms with Crippen LogP contribution >= 0.6 is 23.4 Å². The summed E-state index contributed by atoms with van der Waals surface area (Å²) in [6, 6.07) is 7.39. The Morgan fingerprint density at radius 2 is 1.69 bits per heavy atom. The number of halogens is 1. The van der Waals surface area contributed by atoms with Crippen LogP contribution in [0.3, 0.4) is 0 Å². The molecule has 0 N–H and O–H groups in total. The van der Waals surface area contributed by atoms with E-state index in [1.54, 1.807) is 12.1 Å². The molecule has 0 saturated carbocycles. The summed E-state index contributed by atoms with van der Waals surface area (Å²) in [7, 11) is 0. The summed E-state index contributed by atoms with van der Waals surface area (Å²) >= 11 is 7.11. The van der Waals surface area contributed by atoms with Crippen LogP contribution in [0, 0.1) is 0 Å². The van der Waals surface area contributed by atoms with Gasteiger partial charge in [-0.2, -0.15) is 0 Å². The molecule has 0 heterocycles. The molecule has 1 aromatic carbocycles. The van der Waals surface area contributed by atoms with Gasteiger partial charge in [-0.25, -0.2) is 0 Å². The van der Waals surface area contributed by atoms with Gasteiger partial charge in [0.2, 0.25) is 0 Å². The van der Waals surface area contributed by atoms with Gasteiger partial charge in [-0.1, -0.05) is 23.7 Å². The third-order valence-electron chi connectivity index (χ3n) is 2.07.